The van der Waals surface area contributed by atoms with Crippen molar-refractivity contribution in [3.05, 3.63) is 65.7 Å². The van der Waals surface area contributed by atoms with E-state index in [4.69, 9.17) is 10.5 Å². The second kappa shape index (κ2) is 5.45. The summed E-state index contributed by atoms with van der Waals surface area (Å²) in [4.78, 5) is 0. The molecule has 1 atom stereocenters. The van der Waals surface area contributed by atoms with Gasteiger partial charge in [-0.05, 0) is 42.5 Å². The number of hydrogen-bond acceptors (Lipinski definition) is 2. The Bertz CT molecular complexity index is 517. The highest BCUT2D eigenvalue weighted by atomic mass is 16.5. The van der Waals surface area contributed by atoms with Gasteiger partial charge in [0.05, 0.1) is 6.10 Å². The minimum Gasteiger partial charge on any atom is -0.490 e. The van der Waals surface area contributed by atoms with Gasteiger partial charge < -0.3 is 10.5 Å². The minimum atomic E-state index is 0.0522. The van der Waals surface area contributed by atoms with Crippen molar-refractivity contribution in [3.63, 3.8) is 0 Å². The van der Waals surface area contributed by atoms with Gasteiger partial charge in [-0.25, -0.2) is 0 Å². The Morgan fingerprint density at radius 3 is 2.32 bits per heavy atom. The van der Waals surface area contributed by atoms with Crippen LogP contribution < -0.4 is 10.5 Å². The Kier molecular flexibility index (Phi) is 3.51. The minimum absolute atomic E-state index is 0.0522. The molecule has 1 saturated carbocycles. The van der Waals surface area contributed by atoms with Crippen LogP contribution in [0.2, 0.25) is 0 Å². The number of nitrogens with two attached hydrogens (primary N) is 1. The van der Waals surface area contributed by atoms with Crippen LogP contribution in [0.1, 0.15) is 30.0 Å². The molecule has 19 heavy (non-hydrogen) atoms. The maximum atomic E-state index is 6.22. The third kappa shape index (κ3) is 3.36. The van der Waals surface area contributed by atoms with Crippen molar-refractivity contribution in [1.82, 2.24) is 0 Å². The third-order valence-electron chi connectivity index (χ3n) is 3.43. The summed E-state index contributed by atoms with van der Waals surface area (Å²) in [5.41, 5.74) is 8.66. The first kappa shape index (κ1) is 12.2. The van der Waals surface area contributed by atoms with Crippen molar-refractivity contribution in [1.29, 1.82) is 0 Å². The molecule has 2 heteroatoms. The standard InChI is InChI=1S/C17H19NO/c18-17(14-4-2-1-3-5-14)12-13-6-8-15(9-7-13)19-16-10-11-16/h1-9,16-17H,10-12,18H2. The zero-order valence-corrected chi connectivity index (χ0v) is 11.0. The molecule has 0 spiro atoms. The van der Waals surface area contributed by atoms with E-state index in [1.807, 2.05) is 30.3 Å². The number of ether oxygens (including phenoxy) is 1. The molecule has 1 aliphatic rings. The van der Waals surface area contributed by atoms with Crippen LogP contribution in [-0.4, -0.2) is 6.10 Å². The van der Waals surface area contributed by atoms with Crippen LogP contribution in [0.25, 0.3) is 0 Å². The zero-order valence-electron chi connectivity index (χ0n) is 11.0. The van der Waals surface area contributed by atoms with Crippen LogP contribution in [0.5, 0.6) is 5.75 Å². The van der Waals surface area contributed by atoms with Gasteiger partial charge in [-0.3, -0.25) is 0 Å². The monoisotopic (exact) mass is 253 g/mol. The number of hydrogen-bond donors (Lipinski definition) is 1. The summed E-state index contributed by atoms with van der Waals surface area (Å²) in [6, 6.07) is 18.6. The van der Waals surface area contributed by atoms with Gasteiger partial charge in [0, 0.05) is 6.04 Å². The summed E-state index contributed by atoms with van der Waals surface area (Å²) in [6.45, 7) is 0. The third-order valence-corrected chi connectivity index (χ3v) is 3.43. The lowest BCUT2D eigenvalue weighted by Gasteiger charge is -2.12. The van der Waals surface area contributed by atoms with E-state index < -0.39 is 0 Å². The summed E-state index contributed by atoms with van der Waals surface area (Å²) >= 11 is 0. The van der Waals surface area contributed by atoms with E-state index in [-0.39, 0.29) is 6.04 Å². The van der Waals surface area contributed by atoms with Gasteiger partial charge in [-0.2, -0.15) is 0 Å². The molecule has 2 aromatic rings. The molecule has 0 heterocycles. The van der Waals surface area contributed by atoms with Crippen LogP contribution in [-0.2, 0) is 6.42 Å². The highest BCUT2D eigenvalue weighted by Crippen LogP contribution is 2.27. The maximum Gasteiger partial charge on any atom is 0.119 e. The molecule has 1 aliphatic carbocycles. The summed E-state index contributed by atoms with van der Waals surface area (Å²) in [5.74, 6) is 0.972. The molecule has 0 amide bonds. The second-order valence-corrected chi connectivity index (χ2v) is 5.18. The van der Waals surface area contributed by atoms with Crippen LogP contribution >= 0.6 is 0 Å². The summed E-state index contributed by atoms with van der Waals surface area (Å²) in [7, 11) is 0. The van der Waals surface area contributed by atoms with E-state index in [2.05, 4.69) is 24.3 Å². The van der Waals surface area contributed by atoms with E-state index in [0.717, 1.165) is 12.2 Å². The molecule has 0 bridgehead atoms. The number of benzene rings is 2. The zero-order chi connectivity index (χ0) is 13.1. The van der Waals surface area contributed by atoms with Gasteiger partial charge >= 0.3 is 0 Å². The van der Waals surface area contributed by atoms with Gasteiger partial charge in [-0.15, -0.1) is 0 Å². The van der Waals surface area contributed by atoms with Crippen LogP contribution in [0, 0.1) is 0 Å². The highest BCUT2D eigenvalue weighted by molar-refractivity contribution is 5.29. The molecule has 0 radical (unpaired) electrons. The normalized spacial score (nSPS) is 16.1. The van der Waals surface area contributed by atoms with Crippen LogP contribution in [0.4, 0.5) is 0 Å². The van der Waals surface area contributed by atoms with Gasteiger partial charge in [0.1, 0.15) is 5.75 Å². The Morgan fingerprint density at radius 2 is 1.68 bits per heavy atom. The lowest BCUT2D eigenvalue weighted by Crippen LogP contribution is -2.13. The predicted molar refractivity (Wildman–Crippen MR) is 77.2 cm³/mol. The van der Waals surface area contributed by atoms with Crippen molar-refractivity contribution in [3.8, 4) is 5.75 Å². The van der Waals surface area contributed by atoms with Gasteiger partial charge in [0.2, 0.25) is 0 Å². The average molecular weight is 253 g/mol. The van der Waals surface area contributed by atoms with Crippen LogP contribution in [0.3, 0.4) is 0 Å². The molecular formula is C17H19NO. The summed E-state index contributed by atoms with van der Waals surface area (Å²) in [6.07, 6.45) is 3.70. The molecule has 0 aliphatic heterocycles. The van der Waals surface area contributed by atoms with Crippen molar-refractivity contribution in [2.24, 2.45) is 5.73 Å². The molecule has 0 saturated heterocycles. The Hall–Kier alpha value is -1.80. The molecular weight excluding hydrogens is 234 g/mol. The second-order valence-electron chi connectivity index (χ2n) is 5.18. The quantitative estimate of drug-likeness (QED) is 0.885. The molecule has 2 aromatic carbocycles. The fourth-order valence-electron chi connectivity index (χ4n) is 2.15. The first-order valence-electron chi connectivity index (χ1n) is 6.87. The average Bonchev–Trinajstić information content (AvgIpc) is 3.26. The van der Waals surface area contributed by atoms with Crippen molar-refractivity contribution >= 4 is 0 Å². The topological polar surface area (TPSA) is 35.2 Å². The number of rotatable bonds is 5. The van der Waals surface area contributed by atoms with E-state index in [9.17, 15) is 0 Å². The van der Waals surface area contributed by atoms with E-state index in [1.54, 1.807) is 0 Å². The molecule has 2 N–H and O–H groups in total. The first-order chi connectivity index (χ1) is 9.31. The fraction of sp³-hybridized carbons (Fsp3) is 0.294. The van der Waals surface area contributed by atoms with Gasteiger partial charge in [0.25, 0.3) is 0 Å². The molecule has 98 valence electrons. The summed E-state index contributed by atoms with van der Waals surface area (Å²) < 4.78 is 5.74. The fourth-order valence-corrected chi connectivity index (χ4v) is 2.15. The van der Waals surface area contributed by atoms with E-state index >= 15 is 0 Å². The maximum absolute atomic E-state index is 6.22. The Balaban J connectivity index is 1.62. The van der Waals surface area contributed by atoms with Gasteiger partial charge in [-0.1, -0.05) is 42.5 Å². The van der Waals surface area contributed by atoms with Gasteiger partial charge in [0.15, 0.2) is 0 Å². The molecule has 2 nitrogen and oxygen atoms in total. The Morgan fingerprint density at radius 1 is 1.00 bits per heavy atom. The largest absolute Gasteiger partial charge is 0.490 e. The van der Waals surface area contributed by atoms with Crippen molar-refractivity contribution in [2.75, 3.05) is 0 Å². The SMILES string of the molecule is NC(Cc1ccc(OC2CC2)cc1)c1ccccc1. The summed E-state index contributed by atoms with van der Waals surface area (Å²) in [5, 5.41) is 0. The van der Waals surface area contributed by atoms with Crippen molar-refractivity contribution in [2.45, 2.75) is 31.4 Å². The van der Waals surface area contributed by atoms with Crippen molar-refractivity contribution < 1.29 is 4.74 Å². The highest BCUT2D eigenvalue weighted by Gasteiger charge is 2.23. The lowest BCUT2D eigenvalue weighted by atomic mass is 10.00. The Labute approximate surface area is 114 Å². The predicted octanol–water partition coefficient (Wildman–Crippen LogP) is 3.47. The molecule has 0 aromatic heterocycles. The molecule has 1 fully saturated rings. The van der Waals surface area contributed by atoms with E-state index in [1.165, 1.54) is 24.0 Å². The molecule has 1 unspecified atom stereocenters. The molecule has 3 rings (SSSR count). The lowest BCUT2D eigenvalue weighted by molar-refractivity contribution is 0.303. The first-order valence-corrected chi connectivity index (χ1v) is 6.87. The van der Waals surface area contributed by atoms with Crippen LogP contribution in [0.15, 0.2) is 54.6 Å². The van der Waals surface area contributed by atoms with E-state index in [0.29, 0.717) is 6.10 Å². The smallest absolute Gasteiger partial charge is 0.119 e.